The summed E-state index contributed by atoms with van der Waals surface area (Å²) in [7, 11) is 2.07. The number of benzene rings is 2. The fraction of sp³-hybridized carbons (Fsp3) is 0.278. The molecular weight excluding hydrogens is 312 g/mol. The predicted molar refractivity (Wildman–Crippen MR) is 94.7 cm³/mol. The molecule has 122 valence electrons. The van der Waals surface area contributed by atoms with E-state index in [2.05, 4.69) is 41.2 Å². The third kappa shape index (κ3) is 3.96. The van der Waals surface area contributed by atoms with Crippen molar-refractivity contribution in [3.8, 4) is 11.5 Å². The Bertz CT molecular complexity index is 689. The van der Waals surface area contributed by atoms with Crippen LogP contribution in [0.5, 0.6) is 11.5 Å². The smallest absolute Gasteiger partial charge is 0.157 e. The van der Waals surface area contributed by atoms with Crippen molar-refractivity contribution in [2.75, 3.05) is 13.6 Å². The Labute approximate surface area is 142 Å². The molecule has 0 saturated carbocycles. The molecule has 0 amide bonds. The van der Waals surface area contributed by atoms with E-state index in [0.29, 0.717) is 12.5 Å². The first-order valence-corrected chi connectivity index (χ1v) is 7.44. The highest BCUT2D eigenvalue weighted by Gasteiger charge is 2.24. The number of amidine groups is 1. The Hall–Kier alpha value is -2.20. The number of hydrogen-bond acceptors (Lipinski definition) is 4. The maximum atomic E-state index is 9.58. The summed E-state index contributed by atoms with van der Waals surface area (Å²) >= 11 is 0. The van der Waals surface area contributed by atoms with Crippen molar-refractivity contribution in [3.05, 3.63) is 59.7 Å². The van der Waals surface area contributed by atoms with Gasteiger partial charge in [-0.05, 0) is 29.7 Å². The molecule has 0 unspecified atom stereocenters. The molecule has 23 heavy (non-hydrogen) atoms. The van der Waals surface area contributed by atoms with Crippen LogP contribution in [0.15, 0.2) is 53.5 Å². The minimum atomic E-state index is -0.0904. The Morgan fingerprint density at radius 3 is 2.48 bits per heavy atom. The summed E-state index contributed by atoms with van der Waals surface area (Å²) in [5, 5.41) is 19.0. The number of halogens is 1. The van der Waals surface area contributed by atoms with Gasteiger partial charge in [-0.15, -0.1) is 12.4 Å². The zero-order valence-electron chi connectivity index (χ0n) is 13.0. The molecule has 1 heterocycles. The largest absolute Gasteiger partial charge is 0.504 e. The fourth-order valence-electron chi connectivity index (χ4n) is 2.79. The third-order valence-electron chi connectivity index (χ3n) is 4.16. The molecule has 0 fully saturated rings. The van der Waals surface area contributed by atoms with Gasteiger partial charge < -0.3 is 15.1 Å². The van der Waals surface area contributed by atoms with Crippen LogP contribution in [0.3, 0.4) is 0 Å². The third-order valence-corrected chi connectivity index (χ3v) is 4.16. The van der Waals surface area contributed by atoms with Crippen LogP contribution >= 0.6 is 12.4 Å². The first kappa shape index (κ1) is 17.2. The van der Waals surface area contributed by atoms with Crippen LogP contribution in [-0.2, 0) is 12.8 Å². The van der Waals surface area contributed by atoms with Crippen molar-refractivity contribution >= 4 is 18.2 Å². The Morgan fingerprint density at radius 1 is 1.04 bits per heavy atom. The Kier molecular flexibility index (Phi) is 5.50. The van der Waals surface area contributed by atoms with Crippen molar-refractivity contribution in [2.45, 2.75) is 18.9 Å². The van der Waals surface area contributed by atoms with E-state index in [1.54, 1.807) is 6.07 Å². The van der Waals surface area contributed by atoms with Crippen LogP contribution in [0.1, 0.15) is 11.1 Å². The van der Waals surface area contributed by atoms with Crippen LogP contribution in [0.4, 0.5) is 0 Å². The summed E-state index contributed by atoms with van der Waals surface area (Å²) in [5.41, 5.74) is 2.26. The van der Waals surface area contributed by atoms with E-state index in [1.807, 2.05) is 12.1 Å². The van der Waals surface area contributed by atoms with Gasteiger partial charge in [-0.1, -0.05) is 36.4 Å². The van der Waals surface area contributed by atoms with E-state index < -0.39 is 0 Å². The van der Waals surface area contributed by atoms with E-state index in [4.69, 9.17) is 0 Å². The van der Waals surface area contributed by atoms with Crippen molar-refractivity contribution in [1.29, 1.82) is 0 Å². The molecule has 1 aliphatic rings. The van der Waals surface area contributed by atoms with Gasteiger partial charge >= 0.3 is 0 Å². The first-order valence-electron chi connectivity index (χ1n) is 7.44. The quantitative estimate of drug-likeness (QED) is 0.846. The molecule has 0 aromatic heterocycles. The topological polar surface area (TPSA) is 56.1 Å². The molecule has 0 aliphatic carbocycles. The van der Waals surface area contributed by atoms with Crippen LogP contribution < -0.4 is 0 Å². The summed E-state index contributed by atoms with van der Waals surface area (Å²) in [4.78, 5) is 6.86. The van der Waals surface area contributed by atoms with Gasteiger partial charge in [0.1, 0.15) is 5.84 Å². The SMILES string of the molecule is CN1C(Cc2ccc(O)c(O)c2)=NC[C@@H]1Cc1ccccc1.Cl. The van der Waals surface area contributed by atoms with Crippen molar-refractivity contribution in [2.24, 2.45) is 4.99 Å². The number of nitrogens with zero attached hydrogens (tertiary/aromatic N) is 2. The highest BCUT2D eigenvalue weighted by molar-refractivity contribution is 5.86. The van der Waals surface area contributed by atoms with E-state index in [0.717, 1.165) is 24.4 Å². The summed E-state index contributed by atoms with van der Waals surface area (Å²) in [6, 6.07) is 15.7. The lowest BCUT2D eigenvalue weighted by atomic mass is 10.1. The van der Waals surface area contributed by atoms with Crippen molar-refractivity contribution < 1.29 is 10.2 Å². The standard InChI is InChI=1S/C18H20N2O2.ClH/c1-20-15(9-13-5-3-2-4-6-13)12-19-18(20)11-14-7-8-16(21)17(22)10-14;/h2-8,10,15,21-22H,9,11-12H2,1H3;1H/t15-;/m0./s1. The lowest BCUT2D eigenvalue weighted by Gasteiger charge is -2.23. The van der Waals surface area contributed by atoms with E-state index in [9.17, 15) is 10.2 Å². The molecule has 4 nitrogen and oxygen atoms in total. The van der Waals surface area contributed by atoms with E-state index >= 15 is 0 Å². The van der Waals surface area contributed by atoms with Crippen LogP contribution in [0.2, 0.25) is 0 Å². The highest BCUT2D eigenvalue weighted by atomic mass is 35.5. The molecule has 2 N–H and O–H groups in total. The lowest BCUT2D eigenvalue weighted by molar-refractivity contribution is 0.396. The van der Waals surface area contributed by atoms with Gasteiger partial charge in [-0.3, -0.25) is 4.99 Å². The highest BCUT2D eigenvalue weighted by Crippen LogP contribution is 2.26. The number of likely N-dealkylation sites (N-methyl/N-ethyl adjacent to an activating group) is 1. The summed E-state index contributed by atoms with van der Waals surface area (Å²) in [6.45, 7) is 0.796. The van der Waals surface area contributed by atoms with E-state index in [-0.39, 0.29) is 23.9 Å². The predicted octanol–water partition coefficient (Wildman–Crippen LogP) is 3.02. The lowest BCUT2D eigenvalue weighted by Crippen LogP contribution is -2.35. The number of aliphatic imine (C=N–C) groups is 1. The Morgan fingerprint density at radius 2 is 1.78 bits per heavy atom. The second kappa shape index (κ2) is 7.38. The van der Waals surface area contributed by atoms with Gasteiger partial charge in [0.15, 0.2) is 11.5 Å². The van der Waals surface area contributed by atoms with Gasteiger partial charge in [0, 0.05) is 13.5 Å². The summed E-state index contributed by atoms with van der Waals surface area (Å²) in [5.74, 6) is 0.845. The van der Waals surface area contributed by atoms with Gasteiger partial charge in [-0.25, -0.2) is 0 Å². The maximum Gasteiger partial charge on any atom is 0.157 e. The number of aromatic hydroxyl groups is 2. The van der Waals surface area contributed by atoms with Gasteiger partial charge in [0.2, 0.25) is 0 Å². The number of rotatable bonds is 4. The van der Waals surface area contributed by atoms with Crippen molar-refractivity contribution in [3.63, 3.8) is 0 Å². The minimum Gasteiger partial charge on any atom is -0.504 e. The second-order valence-corrected chi connectivity index (χ2v) is 5.71. The monoisotopic (exact) mass is 332 g/mol. The normalized spacial score (nSPS) is 16.8. The zero-order chi connectivity index (χ0) is 15.5. The number of phenols is 2. The molecule has 2 aromatic rings. The Balaban J connectivity index is 0.00000192. The summed E-state index contributed by atoms with van der Waals surface area (Å²) < 4.78 is 0. The molecule has 0 saturated heterocycles. The molecule has 0 bridgehead atoms. The average Bonchev–Trinajstić information content (AvgIpc) is 2.85. The first-order chi connectivity index (χ1) is 10.6. The van der Waals surface area contributed by atoms with E-state index in [1.165, 1.54) is 11.6 Å². The second-order valence-electron chi connectivity index (χ2n) is 5.71. The molecule has 2 aromatic carbocycles. The summed E-state index contributed by atoms with van der Waals surface area (Å²) in [6.07, 6.45) is 1.64. The molecule has 0 radical (unpaired) electrons. The van der Waals surface area contributed by atoms with Gasteiger partial charge in [0.05, 0.1) is 12.6 Å². The molecule has 3 rings (SSSR count). The van der Waals surface area contributed by atoms with Crippen LogP contribution in [0, 0.1) is 0 Å². The molecule has 1 atom stereocenters. The fourth-order valence-corrected chi connectivity index (χ4v) is 2.79. The number of phenolic OH excluding ortho intramolecular Hbond substituents is 2. The molecule has 0 spiro atoms. The van der Waals surface area contributed by atoms with Gasteiger partial charge in [-0.2, -0.15) is 0 Å². The number of hydrogen-bond donors (Lipinski definition) is 2. The molecule has 1 aliphatic heterocycles. The molecular formula is C18H21ClN2O2. The van der Waals surface area contributed by atoms with Crippen molar-refractivity contribution in [1.82, 2.24) is 4.90 Å². The average molecular weight is 333 g/mol. The van der Waals surface area contributed by atoms with Crippen LogP contribution in [-0.4, -0.2) is 40.6 Å². The molecule has 5 heteroatoms. The maximum absolute atomic E-state index is 9.58. The van der Waals surface area contributed by atoms with Gasteiger partial charge in [0.25, 0.3) is 0 Å². The zero-order valence-corrected chi connectivity index (χ0v) is 13.8. The van der Waals surface area contributed by atoms with Crippen LogP contribution in [0.25, 0.3) is 0 Å². The minimum absolute atomic E-state index is 0.